The second kappa shape index (κ2) is 9.29. The van der Waals surface area contributed by atoms with Crippen molar-refractivity contribution in [3.05, 3.63) is 94.5 Å². The SMILES string of the molecule is CS(=O)NC(=O)c1cccc(N2C(=O)[C@](CC=N)(Cc3ccc(Cl)cc3)c3ccccc32)c1. The second-order valence-corrected chi connectivity index (χ2v) is 9.44. The molecule has 1 heterocycles. The van der Waals surface area contributed by atoms with Crippen molar-refractivity contribution in [2.75, 3.05) is 11.2 Å². The summed E-state index contributed by atoms with van der Waals surface area (Å²) >= 11 is 6.05. The van der Waals surface area contributed by atoms with Gasteiger partial charge in [0.15, 0.2) is 0 Å². The van der Waals surface area contributed by atoms with Crippen molar-refractivity contribution in [3.8, 4) is 0 Å². The smallest absolute Gasteiger partial charge is 0.263 e. The van der Waals surface area contributed by atoms with Crippen LogP contribution in [-0.4, -0.2) is 28.5 Å². The summed E-state index contributed by atoms with van der Waals surface area (Å²) in [6.45, 7) is 0. The van der Waals surface area contributed by atoms with Crippen molar-refractivity contribution in [2.24, 2.45) is 0 Å². The maximum Gasteiger partial charge on any atom is 0.263 e. The first-order chi connectivity index (χ1) is 15.9. The molecule has 8 heteroatoms. The van der Waals surface area contributed by atoms with Crippen LogP contribution in [0.3, 0.4) is 0 Å². The van der Waals surface area contributed by atoms with Crippen LogP contribution in [0.2, 0.25) is 5.02 Å². The van der Waals surface area contributed by atoms with Crippen LogP contribution in [0.4, 0.5) is 11.4 Å². The lowest BCUT2D eigenvalue weighted by Crippen LogP contribution is -2.40. The van der Waals surface area contributed by atoms with E-state index in [0.29, 0.717) is 22.7 Å². The third kappa shape index (κ3) is 4.34. The fourth-order valence-electron chi connectivity index (χ4n) is 4.31. The van der Waals surface area contributed by atoms with Gasteiger partial charge in [-0.2, -0.15) is 0 Å². The van der Waals surface area contributed by atoms with Crippen molar-refractivity contribution < 1.29 is 13.8 Å². The molecule has 2 N–H and O–H groups in total. The Bertz CT molecular complexity index is 1260. The number of hydrogen-bond acceptors (Lipinski definition) is 4. The van der Waals surface area contributed by atoms with Gasteiger partial charge in [-0.25, -0.2) is 4.21 Å². The van der Waals surface area contributed by atoms with E-state index in [1.165, 1.54) is 12.5 Å². The fourth-order valence-corrected chi connectivity index (χ4v) is 4.81. The van der Waals surface area contributed by atoms with E-state index in [2.05, 4.69) is 4.72 Å². The predicted octanol–water partition coefficient (Wildman–Crippen LogP) is 4.56. The molecule has 3 aromatic rings. The topological polar surface area (TPSA) is 90.3 Å². The van der Waals surface area contributed by atoms with E-state index in [1.807, 2.05) is 36.4 Å². The number of para-hydroxylation sites is 1. The van der Waals surface area contributed by atoms with Gasteiger partial charge < -0.3 is 5.41 Å². The molecule has 0 saturated carbocycles. The molecule has 0 radical (unpaired) electrons. The van der Waals surface area contributed by atoms with Gasteiger partial charge >= 0.3 is 0 Å². The number of anilines is 2. The van der Waals surface area contributed by atoms with Crippen molar-refractivity contribution in [3.63, 3.8) is 0 Å². The quantitative estimate of drug-likeness (QED) is 0.486. The zero-order valence-electron chi connectivity index (χ0n) is 17.9. The number of carbonyl (C=O) groups is 2. The number of benzene rings is 3. The third-order valence-corrected chi connectivity index (χ3v) is 6.47. The van der Waals surface area contributed by atoms with Crippen LogP contribution in [0.15, 0.2) is 72.8 Å². The van der Waals surface area contributed by atoms with E-state index in [1.54, 1.807) is 41.3 Å². The molecule has 1 aliphatic heterocycles. The minimum Gasteiger partial charge on any atom is -0.313 e. The first kappa shape index (κ1) is 22.9. The molecule has 6 nitrogen and oxygen atoms in total. The van der Waals surface area contributed by atoms with Crippen LogP contribution in [0, 0.1) is 5.41 Å². The van der Waals surface area contributed by atoms with Gasteiger partial charge in [0, 0.05) is 29.0 Å². The Morgan fingerprint density at radius 2 is 1.85 bits per heavy atom. The number of amides is 2. The third-order valence-electron chi connectivity index (χ3n) is 5.75. The predicted molar refractivity (Wildman–Crippen MR) is 132 cm³/mol. The minimum absolute atomic E-state index is 0.168. The molecule has 0 bridgehead atoms. The average Bonchev–Trinajstić information content (AvgIpc) is 3.03. The van der Waals surface area contributed by atoms with Gasteiger partial charge in [-0.3, -0.25) is 19.2 Å². The molecule has 1 aliphatic rings. The highest BCUT2D eigenvalue weighted by atomic mass is 35.5. The molecule has 2 amide bonds. The Kier molecular flexibility index (Phi) is 6.44. The Morgan fingerprint density at radius 1 is 1.12 bits per heavy atom. The van der Waals surface area contributed by atoms with Gasteiger partial charge in [0.05, 0.1) is 11.1 Å². The maximum atomic E-state index is 14.1. The van der Waals surface area contributed by atoms with E-state index in [-0.39, 0.29) is 12.3 Å². The number of fused-ring (bicyclic) bond motifs is 1. The molecular formula is C25H22ClN3O3S. The molecular weight excluding hydrogens is 458 g/mol. The lowest BCUT2D eigenvalue weighted by Gasteiger charge is -2.28. The fraction of sp³-hybridized carbons (Fsp3) is 0.160. The lowest BCUT2D eigenvalue weighted by atomic mass is 9.74. The lowest BCUT2D eigenvalue weighted by molar-refractivity contribution is -0.122. The van der Waals surface area contributed by atoms with Crippen LogP contribution in [-0.2, 0) is 27.6 Å². The Morgan fingerprint density at radius 3 is 2.55 bits per heavy atom. The van der Waals surface area contributed by atoms with Gasteiger partial charge in [0.25, 0.3) is 5.91 Å². The maximum absolute atomic E-state index is 14.1. The summed E-state index contributed by atoms with van der Waals surface area (Å²) in [5, 5.41) is 8.47. The second-order valence-electron chi connectivity index (χ2n) is 7.89. The van der Waals surface area contributed by atoms with E-state index in [4.69, 9.17) is 17.0 Å². The average molecular weight is 480 g/mol. The Balaban J connectivity index is 1.81. The van der Waals surface area contributed by atoms with Crippen LogP contribution < -0.4 is 9.62 Å². The summed E-state index contributed by atoms with van der Waals surface area (Å²) in [6.07, 6.45) is 3.29. The number of nitrogens with zero attached hydrogens (tertiary/aromatic N) is 1. The summed E-state index contributed by atoms with van der Waals surface area (Å²) in [6, 6.07) is 21.6. The van der Waals surface area contributed by atoms with E-state index in [9.17, 15) is 13.8 Å². The zero-order chi connectivity index (χ0) is 23.6. The molecule has 4 rings (SSSR count). The van der Waals surface area contributed by atoms with E-state index >= 15 is 0 Å². The van der Waals surface area contributed by atoms with Gasteiger partial charge in [-0.05, 0) is 60.2 Å². The van der Waals surface area contributed by atoms with Crippen LogP contribution >= 0.6 is 11.6 Å². The number of rotatable bonds is 7. The number of halogens is 1. The molecule has 3 aromatic carbocycles. The van der Waals surface area contributed by atoms with Crippen LogP contribution in [0.1, 0.15) is 27.9 Å². The van der Waals surface area contributed by atoms with Gasteiger partial charge in [-0.1, -0.05) is 48.0 Å². The highest BCUT2D eigenvalue weighted by Crippen LogP contribution is 2.48. The summed E-state index contributed by atoms with van der Waals surface area (Å²) in [5.74, 6) is -0.650. The zero-order valence-corrected chi connectivity index (χ0v) is 19.5. The van der Waals surface area contributed by atoms with Crippen LogP contribution in [0.5, 0.6) is 0 Å². The van der Waals surface area contributed by atoms with Crippen molar-refractivity contribution >= 4 is 52.0 Å². The monoisotopic (exact) mass is 479 g/mol. The number of hydrogen-bond donors (Lipinski definition) is 2. The van der Waals surface area contributed by atoms with Crippen molar-refractivity contribution in [1.82, 2.24) is 4.72 Å². The molecule has 2 atom stereocenters. The Hall–Kier alpha value is -3.29. The normalized spacial score (nSPS) is 18.0. The molecule has 168 valence electrons. The standard InChI is InChI=1S/C25H22ClN3O3S/c1-33(32)28-23(30)18-5-4-6-20(15-18)29-22-8-3-2-7-21(22)25(13-14-27,24(29)31)16-17-9-11-19(26)12-10-17/h2-12,14-15,27H,13,16H2,1H3,(H,28,30)/t25-,33?/m1/s1. The highest BCUT2D eigenvalue weighted by molar-refractivity contribution is 7.82. The molecule has 0 fully saturated rings. The molecule has 0 spiro atoms. The first-order valence-corrected chi connectivity index (χ1v) is 12.2. The summed E-state index contributed by atoms with van der Waals surface area (Å²) in [5.41, 5.74) is 2.35. The van der Waals surface area contributed by atoms with E-state index in [0.717, 1.165) is 16.8 Å². The minimum atomic E-state index is -1.50. The largest absolute Gasteiger partial charge is 0.313 e. The highest BCUT2D eigenvalue weighted by Gasteiger charge is 2.50. The summed E-state index contributed by atoms with van der Waals surface area (Å²) < 4.78 is 13.8. The first-order valence-electron chi connectivity index (χ1n) is 10.3. The summed E-state index contributed by atoms with van der Waals surface area (Å²) in [7, 11) is -1.50. The Labute approximate surface area is 199 Å². The molecule has 0 saturated heterocycles. The molecule has 0 aromatic heterocycles. The molecule has 33 heavy (non-hydrogen) atoms. The van der Waals surface area contributed by atoms with Crippen molar-refractivity contribution in [2.45, 2.75) is 18.3 Å². The number of nitrogens with one attached hydrogen (secondary N) is 2. The summed E-state index contributed by atoms with van der Waals surface area (Å²) in [4.78, 5) is 28.1. The molecule has 0 aliphatic carbocycles. The van der Waals surface area contributed by atoms with Crippen molar-refractivity contribution in [1.29, 1.82) is 5.41 Å². The number of carbonyl (C=O) groups excluding carboxylic acids is 2. The van der Waals surface area contributed by atoms with Crippen LogP contribution in [0.25, 0.3) is 0 Å². The van der Waals surface area contributed by atoms with Gasteiger partial charge in [-0.15, -0.1) is 0 Å². The molecule has 1 unspecified atom stereocenters. The van der Waals surface area contributed by atoms with E-state index < -0.39 is 22.3 Å². The van der Waals surface area contributed by atoms with Gasteiger partial charge in [0.1, 0.15) is 11.0 Å². The van der Waals surface area contributed by atoms with Gasteiger partial charge in [0.2, 0.25) is 5.91 Å².